The lowest BCUT2D eigenvalue weighted by atomic mass is 9.98. The predicted molar refractivity (Wildman–Crippen MR) is 78.9 cm³/mol. The first kappa shape index (κ1) is 14.2. The summed E-state index contributed by atoms with van der Waals surface area (Å²) >= 11 is 0. The molecule has 0 fully saturated rings. The van der Waals surface area contributed by atoms with Crippen molar-refractivity contribution in [2.45, 2.75) is 51.5 Å². The maximum absolute atomic E-state index is 8.72. The quantitative estimate of drug-likeness (QED) is 0.741. The van der Waals surface area contributed by atoms with Gasteiger partial charge in [-0.15, -0.1) is 0 Å². The Hall–Kier alpha value is -1.22. The number of ether oxygens (including phenoxy) is 1. The summed E-state index contributed by atoms with van der Waals surface area (Å²) in [7, 11) is 0. The highest BCUT2D eigenvalue weighted by atomic mass is 16.5. The molecule has 1 aliphatic rings. The van der Waals surface area contributed by atoms with E-state index in [2.05, 4.69) is 30.4 Å². The highest BCUT2D eigenvalue weighted by Gasteiger charge is 2.17. The second-order valence-electron chi connectivity index (χ2n) is 5.36. The average molecular weight is 263 g/mol. The van der Waals surface area contributed by atoms with E-state index in [1.165, 1.54) is 17.7 Å². The first-order valence-electron chi connectivity index (χ1n) is 7.43. The van der Waals surface area contributed by atoms with E-state index in [9.17, 15) is 0 Å². The Labute approximate surface area is 116 Å². The van der Waals surface area contributed by atoms with Crippen molar-refractivity contribution < 1.29 is 9.84 Å². The Morgan fingerprint density at radius 2 is 2.11 bits per heavy atom. The molecule has 2 N–H and O–H groups in total. The molecule has 1 atom stereocenters. The van der Waals surface area contributed by atoms with E-state index in [1.54, 1.807) is 0 Å². The molecule has 0 aliphatic carbocycles. The third-order valence-electron chi connectivity index (χ3n) is 3.66. The van der Waals surface area contributed by atoms with Crippen LogP contribution in [0.2, 0.25) is 0 Å². The number of aliphatic hydroxyl groups excluding tert-OH is 1. The van der Waals surface area contributed by atoms with Crippen molar-refractivity contribution in [3.05, 3.63) is 23.8 Å². The molecule has 19 heavy (non-hydrogen) atoms. The van der Waals surface area contributed by atoms with Gasteiger partial charge < -0.3 is 15.2 Å². The van der Waals surface area contributed by atoms with Crippen molar-refractivity contribution in [3.8, 4) is 5.75 Å². The zero-order valence-electron chi connectivity index (χ0n) is 11.8. The van der Waals surface area contributed by atoms with Crippen molar-refractivity contribution in [2.75, 3.05) is 18.5 Å². The Balaban J connectivity index is 1.83. The molecule has 2 rings (SSSR count). The third-order valence-corrected chi connectivity index (χ3v) is 3.66. The van der Waals surface area contributed by atoms with Crippen LogP contribution in [0, 0.1) is 0 Å². The van der Waals surface area contributed by atoms with Gasteiger partial charge in [0.25, 0.3) is 0 Å². The van der Waals surface area contributed by atoms with Gasteiger partial charge in [0.1, 0.15) is 5.75 Å². The van der Waals surface area contributed by atoms with Crippen LogP contribution in [0.3, 0.4) is 0 Å². The molecule has 1 unspecified atom stereocenters. The Kier molecular flexibility index (Phi) is 5.52. The third kappa shape index (κ3) is 4.13. The Morgan fingerprint density at radius 3 is 2.95 bits per heavy atom. The maximum Gasteiger partial charge on any atom is 0.142 e. The number of hydrogen-bond acceptors (Lipinski definition) is 3. The number of benzene rings is 1. The second-order valence-corrected chi connectivity index (χ2v) is 5.36. The molecule has 106 valence electrons. The van der Waals surface area contributed by atoms with Gasteiger partial charge in [-0.25, -0.2) is 0 Å². The Morgan fingerprint density at radius 1 is 1.26 bits per heavy atom. The molecule has 3 nitrogen and oxygen atoms in total. The van der Waals surface area contributed by atoms with Gasteiger partial charge in [0, 0.05) is 12.6 Å². The number of fused-ring (bicyclic) bond motifs is 1. The first-order valence-corrected chi connectivity index (χ1v) is 7.43. The monoisotopic (exact) mass is 263 g/mol. The van der Waals surface area contributed by atoms with Crippen LogP contribution in [0.1, 0.15) is 44.6 Å². The SMILES string of the molecule is CC1CCc2cccc(OCCCCCCO)c2N1. The van der Waals surface area contributed by atoms with Crippen LogP contribution in [-0.4, -0.2) is 24.4 Å². The van der Waals surface area contributed by atoms with E-state index in [0.29, 0.717) is 12.6 Å². The highest BCUT2D eigenvalue weighted by molar-refractivity contribution is 5.63. The van der Waals surface area contributed by atoms with Gasteiger partial charge in [0.2, 0.25) is 0 Å². The predicted octanol–water partition coefficient (Wildman–Crippen LogP) is 3.36. The Bertz CT molecular complexity index is 392. The van der Waals surface area contributed by atoms with Gasteiger partial charge in [-0.05, 0) is 50.7 Å². The van der Waals surface area contributed by atoms with E-state index >= 15 is 0 Å². The maximum atomic E-state index is 8.72. The van der Waals surface area contributed by atoms with E-state index in [-0.39, 0.29) is 0 Å². The van der Waals surface area contributed by atoms with Gasteiger partial charge in [0.05, 0.1) is 12.3 Å². The summed E-state index contributed by atoms with van der Waals surface area (Å²) in [5.74, 6) is 0.992. The standard InChI is InChI=1S/C16H25NO2/c1-13-9-10-14-7-6-8-15(16(14)17-13)19-12-5-3-2-4-11-18/h6-8,13,17-18H,2-5,9-12H2,1H3. The number of rotatable bonds is 7. The molecule has 0 spiro atoms. The van der Waals surface area contributed by atoms with Crippen LogP contribution >= 0.6 is 0 Å². The topological polar surface area (TPSA) is 41.5 Å². The minimum absolute atomic E-state index is 0.300. The number of para-hydroxylation sites is 1. The molecule has 0 aromatic heterocycles. The average Bonchev–Trinajstić information content (AvgIpc) is 2.43. The first-order chi connectivity index (χ1) is 9.31. The largest absolute Gasteiger partial charge is 0.491 e. The van der Waals surface area contributed by atoms with Crippen molar-refractivity contribution in [1.29, 1.82) is 0 Å². The molecule has 1 aliphatic heterocycles. The van der Waals surface area contributed by atoms with E-state index in [4.69, 9.17) is 9.84 Å². The summed E-state index contributed by atoms with van der Waals surface area (Å²) in [6, 6.07) is 6.85. The fraction of sp³-hybridized carbons (Fsp3) is 0.625. The molecule has 1 aromatic rings. The summed E-state index contributed by atoms with van der Waals surface area (Å²) in [5.41, 5.74) is 2.56. The van der Waals surface area contributed by atoms with E-state index in [1.807, 2.05) is 0 Å². The number of hydrogen-bond donors (Lipinski definition) is 2. The molecule has 0 saturated carbocycles. The zero-order valence-corrected chi connectivity index (χ0v) is 11.8. The lowest BCUT2D eigenvalue weighted by Crippen LogP contribution is -2.22. The molecule has 0 bridgehead atoms. The minimum Gasteiger partial charge on any atom is -0.491 e. The van der Waals surface area contributed by atoms with Gasteiger partial charge in [-0.3, -0.25) is 0 Å². The highest BCUT2D eigenvalue weighted by Crippen LogP contribution is 2.33. The van der Waals surface area contributed by atoms with Gasteiger partial charge in [-0.2, -0.15) is 0 Å². The van der Waals surface area contributed by atoms with E-state index in [0.717, 1.165) is 44.5 Å². The van der Waals surface area contributed by atoms with Gasteiger partial charge >= 0.3 is 0 Å². The smallest absolute Gasteiger partial charge is 0.142 e. The summed E-state index contributed by atoms with van der Waals surface area (Å²) in [6.07, 6.45) is 6.50. The molecule has 0 radical (unpaired) electrons. The summed E-state index contributed by atoms with van der Waals surface area (Å²) in [5, 5.41) is 12.3. The summed E-state index contributed by atoms with van der Waals surface area (Å²) in [6.45, 7) is 3.28. The fourth-order valence-electron chi connectivity index (χ4n) is 2.51. The second kappa shape index (κ2) is 7.39. The number of anilines is 1. The van der Waals surface area contributed by atoms with Crippen LogP contribution in [0.25, 0.3) is 0 Å². The van der Waals surface area contributed by atoms with Crippen molar-refractivity contribution in [1.82, 2.24) is 0 Å². The van der Waals surface area contributed by atoms with Crippen LogP contribution in [-0.2, 0) is 6.42 Å². The van der Waals surface area contributed by atoms with Crippen molar-refractivity contribution in [3.63, 3.8) is 0 Å². The van der Waals surface area contributed by atoms with E-state index < -0.39 is 0 Å². The number of unbranched alkanes of at least 4 members (excludes halogenated alkanes) is 3. The fourth-order valence-corrected chi connectivity index (χ4v) is 2.51. The van der Waals surface area contributed by atoms with Gasteiger partial charge in [0.15, 0.2) is 0 Å². The van der Waals surface area contributed by atoms with Crippen LogP contribution in [0.4, 0.5) is 5.69 Å². The lowest BCUT2D eigenvalue weighted by Gasteiger charge is -2.26. The van der Waals surface area contributed by atoms with Crippen LogP contribution < -0.4 is 10.1 Å². The number of aliphatic hydroxyl groups is 1. The minimum atomic E-state index is 0.300. The number of aryl methyl sites for hydroxylation is 1. The molecule has 1 heterocycles. The zero-order chi connectivity index (χ0) is 13.5. The molecular formula is C16H25NO2. The van der Waals surface area contributed by atoms with Crippen molar-refractivity contribution >= 4 is 5.69 Å². The summed E-state index contributed by atoms with van der Waals surface area (Å²) in [4.78, 5) is 0. The van der Waals surface area contributed by atoms with Crippen molar-refractivity contribution in [2.24, 2.45) is 0 Å². The lowest BCUT2D eigenvalue weighted by molar-refractivity contribution is 0.273. The molecule has 1 aromatic carbocycles. The summed E-state index contributed by atoms with van der Waals surface area (Å²) < 4.78 is 5.91. The molecular weight excluding hydrogens is 238 g/mol. The molecule has 3 heteroatoms. The van der Waals surface area contributed by atoms with Gasteiger partial charge in [-0.1, -0.05) is 18.6 Å². The van der Waals surface area contributed by atoms with Crippen LogP contribution in [0.5, 0.6) is 5.75 Å². The normalized spacial score (nSPS) is 17.7. The number of nitrogens with one attached hydrogen (secondary N) is 1. The van der Waals surface area contributed by atoms with Crippen LogP contribution in [0.15, 0.2) is 18.2 Å². The molecule has 0 saturated heterocycles. The molecule has 0 amide bonds.